The molecule has 0 amide bonds. The predicted octanol–water partition coefficient (Wildman–Crippen LogP) is 3.20. The maximum Gasteiger partial charge on any atom is 0.250 e. The fraction of sp³-hybridized carbons (Fsp3) is 0.579. The van der Waals surface area contributed by atoms with Gasteiger partial charge >= 0.3 is 0 Å². The Morgan fingerprint density at radius 3 is 2.00 bits per heavy atom. The van der Waals surface area contributed by atoms with E-state index in [2.05, 4.69) is 30.3 Å². The van der Waals surface area contributed by atoms with Crippen LogP contribution in [-0.2, 0) is 0 Å². The topological polar surface area (TPSA) is 82.7 Å². The van der Waals surface area contributed by atoms with E-state index in [0.717, 1.165) is 43.8 Å². The van der Waals surface area contributed by atoms with E-state index < -0.39 is 0 Å². The zero-order chi connectivity index (χ0) is 18.5. The molecule has 0 atom stereocenters. The molecule has 0 aromatic carbocycles. The van der Waals surface area contributed by atoms with Crippen LogP contribution in [0.5, 0.6) is 0 Å². The second kappa shape index (κ2) is 8.37. The molecular formula is C19H27N7O. The van der Waals surface area contributed by atoms with Gasteiger partial charge in [-0.3, -0.25) is 0 Å². The smallest absolute Gasteiger partial charge is 0.250 e. The number of anilines is 3. The number of aromatic nitrogens is 3. The molecule has 144 valence electrons. The molecule has 2 saturated heterocycles. The summed E-state index contributed by atoms with van der Waals surface area (Å²) in [6.45, 7) is 5.90. The molecule has 8 heteroatoms. The van der Waals surface area contributed by atoms with Gasteiger partial charge in [0.15, 0.2) is 0 Å². The summed E-state index contributed by atoms with van der Waals surface area (Å²) in [5, 5.41) is 4.24. The number of nitrogens with zero attached hydrogens (tertiary/aromatic N) is 6. The van der Waals surface area contributed by atoms with Crippen molar-refractivity contribution < 1.29 is 4.42 Å². The van der Waals surface area contributed by atoms with Crippen LogP contribution in [0.3, 0.4) is 0 Å². The number of hydrazone groups is 1. The standard InChI is InChI=1S/C19H27N7O/c1-15-8-9-16(27-15)14-20-24-17-21-18(25-10-4-2-5-11-25)23-19(22-17)26-12-6-3-7-13-26/h8-9,14H,2-7,10-13H2,1H3,(H,21,22,23,24). The van der Waals surface area contributed by atoms with Gasteiger partial charge < -0.3 is 14.2 Å². The summed E-state index contributed by atoms with van der Waals surface area (Å²) < 4.78 is 5.50. The van der Waals surface area contributed by atoms with E-state index in [1.807, 2.05) is 19.1 Å². The van der Waals surface area contributed by atoms with Crippen molar-refractivity contribution in [2.24, 2.45) is 5.10 Å². The lowest BCUT2D eigenvalue weighted by molar-refractivity contribution is 0.528. The lowest BCUT2D eigenvalue weighted by atomic mass is 10.1. The number of nitrogens with one attached hydrogen (secondary N) is 1. The minimum Gasteiger partial charge on any atom is -0.460 e. The van der Waals surface area contributed by atoms with E-state index in [0.29, 0.717) is 11.7 Å². The highest BCUT2D eigenvalue weighted by molar-refractivity contribution is 5.76. The number of piperidine rings is 2. The van der Waals surface area contributed by atoms with Gasteiger partial charge in [0.05, 0.1) is 6.21 Å². The minimum atomic E-state index is 0.477. The van der Waals surface area contributed by atoms with Crippen molar-refractivity contribution in [1.29, 1.82) is 0 Å². The van der Waals surface area contributed by atoms with Gasteiger partial charge in [-0.15, -0.1) is 0 Å². The monoisotopic (exact) mass is 369 g/mol. The third kappa shape index (κ3) is 4.56. The van der Waals surface area contributed by atoms with Gasteiger partial charge in [-0.1, -0.05) is 0 Å². The van der Waals surface area contributed by atoms with Crippen LogP contribution in [0, 0.1) is 6.92 Å². The Kier molecular flexibility index (Phi) is 5.50. The first-order chi connectivity index (χ1) is 13.3. The SMILES string of the molecule is Cc1ccc(C=NNc2nc(N3CCCCC3)nc(N3CCCCC3)n2)o1. The van der Waals surface area contributed by atoms with Crippen molar-refractivity contribution >= 4 is 24.1 Å². The molecule has 1 N–H and O–H groups in total. The van der Waals surface area contributed by atoms with Crippen molar-refractivity contribution in [2.75, 3.05) is 41.4 Å². The molecule has 0 bridgehead atoms. The Labute approximate surface area is 159 Å². The van der Waals surface area contributed by atoms with Gasteiger partial charge in [0.25, 0.3) is 0 Å². The molecule has 2 aromatic rings. The molecule has 0 saturated carbocycles. The summed E-state index contributed by atoms with van der Waals surface area (Å²) in [5.41, 5.74) is 2.96. The Hall–Kier alpha value is -2.64. The van der Waals surface area contributed by atoms with Gasteiger partial charge in [-0.25, -0.2) is 5.43 Å². The van der Waals surface area contributed by atoms with Crippen molar-refractivity contribution in [3.05, 3.63) is 23.7 Å². The van der Waals surface area contributed by atoms with Crippen molar-refractivity contribution in [1.82, 2.24) is 15.0 Å². The molecule has 0 unspecified atom stereocenters. The zero-order valence-corrected chi connectivity index (χ0v) is 15.9. The van der Waals surface area contributed by atoms with Crippen LogP contribution in [-0.4, -0.2) is 47.3 Å². The summed E-state index contributed by atoms with van der Waals surface area (Å²) in [4.78, 5) is 18.5. The third-order valence-electron chi connectivity index (χ3n) is 5.01. The zero-order valence-electron chi connectivity index (χ0n) is 15.9. The molecule has 2 aliphatic heterocycles. The van der Waals surface area contributed by atoms with E-state index in [1.165, 1.54) is 38.5 Å². The molecule has 27 heavy (non-hydrogen) atoms. The van der Waals surface area contributed by atoms with Gasteiger partial charge in [0.1, 0.15) is 11.5 Å². The Morgan fingerprint density at radius 1 is 0.889 bits per heavy atom. The lowest BCUT2D eigenvalue weighted by Crippen LogP contribution is -2.34. The highest BCUT2D eigenvalue weighted by atomic mass is 16.3. The number of rotatable bonds is 5. The van der Waals surface area contributed by atoms with Crippen LogP contribution in [0.4, 0.5) is 17.8 Å². The number of aryl methyl sites for hydroxylation is 1. The average Bonchev–Trinajstić information content (AvgIpc) is 3.14. The molecule has 8 nitrogen and oxygen atoms in total. The second-order valence-electron chi connectivity index (χ2n) is 7.17. The summed E-state index contributed by atoms with van der Waals surface area (Å²) in [5.74, 6) is 3.53. The minimum absolute atomic E-state index is 0.477. The Bertz CT molecular complexity index is 740. The Balaban J connectivity index is 1.55. The molecule has 4 rings (SSSR count). The van der Waals surface area contributed by atoms with Crippen molar-refractivity contribution in [2.45, 2.75) is 45.4 Å². The first-order valence-electron chi connectivity index (χ1n) is 9.89. The maximum absolute atomic E-state index is 5.50. The summed E-state index contributed by atoms with van der Waals surface area (Å²) in [6.07, 6.45) is 8.93. The molecule has 2 aliphatic rings. The molecule has 0 radical (unpaired) electrons. The van der Waals surface area contributed by atoms with Crippen LogP contribution in [0.2, 0.25) is 0 Å². The quantitative estimate of drug-likeness (QED) is 0.640. The highest BCUT2D eigenvalue weighted by Crippen LogP contribution is 2.22. The van der Waals surface area contributed by atoms with Gasteiger partial charge in [0, 0.05) is 26.2 Å². The van der Waals surface area contributed by atoms with Crippen LogP contribution in [0.25, 0.3) is 0 Å². The number of hydrogen-bond donors (Lipinski definition) is 1. The van der Waals surface area contributed by atoms with Crippen LogP contribution >= 0.6 is 0 Å². The van der Waals surface area contributed by atoms with Crippen molar-refractivity contribution in [3.8, 4) is 0 Å². The summed E-state index contributed by atoms with van der Waals surface area (Å²) >= 11 is 0. The predicted molar refractivity (Wildman–Crippen MR) is 107 cm³/mol. The maximum atomic E-state index is 5.50. The van der Waals surface area contributed by atoms with E-state index in [9.17, 15) is 0 Å². The third-order valence-corrected chi connectivity index (χ3v) is 5.01. The average molecular weight is 369 g/mol. The van der Waals surface area contributed by atoms with Gasteiger partial charge in [-0.2, -0.15) is 20.1 Å². The summed E-state index contributed by atoms with van der Waals surface area (Å²) in [7, 11) is 0. The summed E-state index contributed by atoms with van der Waals surface area (Å²) in [6, 6.07) is 3.79. The highest BCUT2D eigenvalue weighted by Gasteiger charge is 2.20. The van der Waals surface area contributed by atoms with Gasteiger partial charge in [0.2, 0.25) is 17.8 Å². The molecule has 0 aliphatic carbocycles. The normalized spacial score (nSPS) is 18.3. The van der Waals surface area contributed by atoms with E-state index in [1.54, 1.807) is 6.21 Å². The number of furan rings is 1. The fourth-order valence-electron chi connectivity index (χ4n) is 3.55. The molecular weight excluding hydrogens is 342 g/mol. The number of hydrogen-bond acceptors (Lipinski definition) is 8. The van der Waals surface area contributed by atoms with Crippen LogP contribution in [0.1, 0.15) is 50.0 Å². The fourth-order valence-corrected chi connectivity index (χ4v) is 3.55. The van der Waals surface area contributed by atoms with E-state index in [4.69, 9.17) is 9.40 Å². The molecule has 2 fully saturated rings. The van der Waals surface area contributed by atoms with Gasteiger partial charge in [-0.05, 0) is 57.6 Å². The molecule has 0 spiro atoms. The van der Waals surface area contributed by atoms with E-state index >= 15 is 0 Å². The largest absolute Gasteiger partial charge is 0.460 e. The Morgan fingerprint density at radius 2 is 1.48 bits per heavy atom. The van der Waals surface area contributed by atoms with Crippen molar-refractivity contribution in [3.63, 3.8) is 0 Å². The molecule has 2 aromatic heterocycles. The first kappa shape index (κ1) is 17.8. The lowest BCUT2D eigenvalue weighted by Gasteiger charge is -2.30. The molecule has 4 heterocycles. The first-order valence-corrected chi connectivity index (χ1v) is 9.89. The van der Waals surface area contributed by atoms with Crippen LogP contribution in [0.15, 0.2) is 21.7 Å². The second-order valence-corrected chi connectivity index (χ2v) is 7.17. The van der Waals surface area contributed by atoms with Crippen LogP contribution < -0.4 is 15.2 Å². The van der Waals surface area contributed by atoms with E-state index in [-0.39, 0.29) is 0 Å².